The number of anilines is 1. The minimum absolute atomic E-state index is 0.154. The fourth-order valence-corrected chi connectivity index (χ4v) is 6.56. The molecule has 6 heteroatoms. The Morgan fingerprint density at radius 3 is 2.22 bits per heavy atom. The number of fused-ring (bicyclic) bond motifs is 1. The van der Waals surface area contributed by atoms with E-state index in [2.05, 4.69) is 53.1 Å². The Kier molecular flexibility index (Phi) is 9.46. The number of carboxylic acid groups (broad SMARTS) is 1. The lowest BCUT2D eigenvalue weighted by atomic mass is 9.83. The second-order valence-electron chi connectivity index (χ2n) is 11.9. The predicted molar refractivity (Wildman–Crippen MR) is 183 cm³/mol. The Bertz CT molecular complexity index is 1790. The molecule has 5 aromatic carbocycles. The van der Waals surface area contributed by atoms with Crippen molar-refractivity contribution < 1.29 is 14.7 Å². The summed E-state index contributed by atoms with van der Waals surface area (Å²) >= 11 is 6.27. The topological polar surface area (TPSA) is 78.4 Å². The number of nitrogens with one attached hydrogen (secondary N) is 2. The summed E-state index contributed by atoms with van der Waals surface area (Å²) in [6.07, 6.45) is 6.68. The molecule has 228 valence electrons. The molecule has 1 atom stereocenters. The van der Waals surface area contributed by atoms with E-state index in [1.54, 1.807) is 18.2 Å². The minimum atomic E-state index is -1.11. The van der Waals surface area contributed by atoms with Gasteiger partial charge in [0.2, 0.25) is 0 Å². The van der Waals surface area contributed by atoms with Crippen molar-refractivity contribution in [2.45, 2.75) is 57.0 Å². The van der Waals surface area contributed by atoms with Crippen LogP contribution in [0.4, 0.5) is 5.69 Å². The third kappa shape index (κ3) is 7.38. The van der Waals surface area contributed by atoms with E-state index in [4.69, 9.17) is 11.6 Å². The Morgan fingerprint density at radius 2 is 1.49 bits per heavy atom. The van der Waals surface area contributed by atoms with Crippen molar-refractivity contribution >= 4 is 39.9 Å². The number of benzene rings is 5. The largest absolute Gasteiger partial charge is 0.480 e. The van der Waals surface area contributed by atoms with Crippen molar-refractivity contribution in [2.75, 3.05) is 5.32 Å². The van der Waals surface area contributed by atoms with Crippen LogP contribution in [0, 0.1) is 0 Å². The molecular weight excluding hydrogens is 580 g/mol. The predicted octanol–water partition coefficient (Wildman–Crippen LogP) is 9.25. The summed E-state index contributed by atoms with van der Waals surface area (Å²) in [7, 11) is 0. The first-order chi connectivity index (χ1) is 21.9. The van der Waals surface area contributed by atoms with Crippen molar-refractivity contribution in [2.24, 2.45) is 0 Å². The third-order valence-corrected chi connectivity index (χ3v) is 9.13. The zero-order valence-electron chi connectivity index (χ0n) is 25.1. The molecule has 1 aliphatic carbocycles. The van der Waals surface area contributed by atoms with E-state index >= 15 is 0 Å². The summed E-state index contributed by atoms with van der Waals surface area (Å²) in [5.41, 5.74) is 6.40. The third-order valence-electron chi connectivity index (χ3n) is 8.89. The maximum Gasteiger partial charge on any atom is 0.326 e. The number of amides is 1. The molecule has 5 nitrogen and oxygen atoms in total. The van der Waals surface area contributed by atoms with E-state index in [1.165, 1.54) is 37.7 Å². The Balaban J connectivity index is 1.12. The van der Waals surface area contributed by atoms with E-state index < -0.39 is 17.9 Å². The summed E-state index contributed by atoms with van der Waals surface area (Å²) in [5, 5.41) is 18.8. The van der Waals surface area contributed by atoms with Crippen LogP contribution in [-0.4, -0.2) is 23.0 Å². The number of carbonyl (C=O) groups excluding carboxylic acids is 1. The highest BCUT2D eigenvalue weighted by molar-refractivity contribution is 6.31. The average Bonchev–Trinajstić information content (AvgIpc) is 3.08. The molecule has 0 radical (unpaired) electrons. The zero-order valence-corrected chi connectivity index (χ0v) is 25.9. The first-order valence-electron chi connectivity index (χ1n) is 15.7. The molecule has 1 saturated carbocycles. The molecule has 45 heavy (non-hydrogen) atoms. The highest BCUT2D eigenvalue weighted by Crippen LogP contribution is 2.33. The molecule has 6 rings (SSSR count). The van der Waals surface area contributed by atoms with Gasteiger partial charge in [-0.3, -0.25) is 4.79 Å². The van der Waals surface area contributed by atoms with Gasteiger partial charge in [-0.2, -0.15) is 0 Å². The standard InChI is InChI=1S/C39H37ClN2O3/c40-33-21-22-36(41-25-32-11-6-10-31-9-4-5-12-34(31)32)35(24-33)38(43)42-37(39(44)45)23-26-13-15-28(16-14-26)30-19-17-29(18-20-30)27-7-2-1-3-8-27/h4-6,9-22,24,27,37,41H,1-3,7-8,23,25H2,(H,42,43)(H,44,45)/t37-/m0/s1. The summed E-state index contributed by atoms with van der Waals surface area (Å²) in [6, 6.07) is 34.9. The molecule has 0 aliphatic heterocycles. The molecule has 3 N–H and O–H groups in total. The number of halogens is 1. The fourth-order valence-electron chi connectivity index (χ4n) is 6.38. The van der Waals surface area contributed by atoms with Crippen LogP contribution in [0.2, 0.25) is 5.02 Å². The van der Waals surface area contributed by atoms with Crippen molar-refractivity contribution in [1.29, 1.82) is 0 Å². The second-order valence-corrected chi connectivity index (χ2v) is 12.3. The first kappa shape index (κ1) is 30.4. The highest BCUT2D eigenvalue weighted by Gasteiger charge is 2.23. The molecule has 0 unspecified atom stereocenters. The Morgan fingerprint density at radius 1 is 0.800 bits per heavy atom. The molecule has 1 fully saturated rings. The van der Waals surface area contributed by atoms with E-state index in [1.807, 2.05) is 48.5 Å². The van der Waals surface area contributed by atoms with Crippen LogP contribution in [0.1, 0.15) is 65.1 Å². The van der Waals surface area contributed by atoms with Gasteiger partial charge in [0.05, 0.1) is 5.56 Å². The van der Waals surface area contributed by atoms with E-state index in [0.717, 1.165) is 33.0 Å². The quantitative estimate of drug-likeness (QED) is 0.146. The van der Waals surface area contributed by atoms with Gasteiger partial charge in [-0.25, -0.2) is 4.79 Å². The number of carboxylic acids is 1. The van der Waals surface area contributed by atoms with Crippen LogP contribution in [0.25, 0.3) is 21.9 Å². The van der Waals surface area contributed by atoms with Crippen LogP contribution in [0.5, 0.6) is 0 Å². The van der Waals surface area contributed by atoms with Crippen LogP contribution in [0.15, 0.2) is 109 Å². The lowest BCUT2D eigenvalue weighted by molar-refractivity contribution is -0.139. The van der Waals surface area contributed by atoms with E-state index in [0.29, 0.717) is 28.7 Å². The van der Waals surface area contributed by atoms with Crippen molar-refractivity contribution in [3.63, 3.8) is 0 Å². The summed E-state index contributed by atoms with van der Waals surface area (Å²) in [4.78, 5) is 25.7. The summed E-state index contributed by atoms with van der Waals surface area (Å²) < 4.78 is 0. The summed E-state index contributed by atoms with van der Waals surface area (Å²) in [5.74, 6) is -0.931. The monoisotopic (exact) mass is 616 g/mol. The molecule has 1 aliphatic rings. The maximum absolute atomic E-state index is 13.5. The van der Waals surface area contributed by atoms with Crippen molar-refractivity contribution in [3.8, 4) is 11.1 Å². The Labute approximate surface area is 269 Å². The lowest BCUT2D eigenvalue weighted by Crippen LogP contribution is -2.42. The number of carbonyl (C=O) groups is 2. The second kappa shape index (κ2) is 14.0. The molecule has 5 aromatic rings. The zero-order chi connectivity index (χ0) is 31.2. The van der Waals surface area contributed by atoms with Crippen molar-refractivity contribution in [3.05, 3.63) is 136 Å². The van der Waals surface area contributed by atoms with Gasteiger partial charge in [0, 0.05) is 23.7 Å². The van der Waals surface area contributed by atoms with Gasteiger partial charge in [-0.15, -0.1) is 0 Å². The van der Waals surface area contributed by atoms with Gasteiger partial charge < -0.3 is 15.7 Å². The van der Waals surface area contributed by atoms with Crippen LogP contribution in [-0.2, 0) is 17.8 Å². The maximum atomic E-state index is 13.5. The molecule has 1 amide bonds. The normalized spacial score (nSPS) is 14.2. The molecular formula is C39H37ClN2O3. The summed E-state index contributed by atoms with van der Waals surface area (Å²) in [6.45, 7) is 0.487. The smallest absolute Gasteiger partial charge is 0.326 e. The fraction of sp³-hybridized carbons (Fsp3) is 0.231. The van der Waals surface area contributed by atoms with Crippen LogP contribution < -0.4 is 10.6 Å². The van der Waals surface area contributed by atoms with Gasteiger partial charge in [0.1, 0.15) is 6.04 Å². The number of hydrogen-bond acceptors (Lipinski definition) is 3. The SMILES string of the molecule is O=C(N[C@@H](Cc1ccc(-c2ccc(C3CCCCC3)cc2)cc1)C(=O)O)c1cc(Cl)ccc1NCc1cccc2ccccc12. The van der Waals surface area contributed by atoms with Crippen LogP contribution >= 0.6 is 11.6 Å². The molecule has 0 heterocycles. The molecule has 0 saturated heterocycles. The minimum Gasteiger partial charge on any atom is -0.480 e. The molecule has 0 spiro atoms. The molecule has 0 aromatic heterocycles. The van der Waals surface area contributed by atoms with Crippen LogP contribution in [0.3, 0.4) is 0 Å². The van der Waals surface area contributed by atoms with Gasteiger partial charge in [-0.1, -0.05) is 122 Å². The molecule has 0 bridgehead atoms. The number of hydrogen-bond donors (Lipinski definition) is 3. The van der Waals surface area contributed by atoms with Gasteiger partial charge in [-0.05, 0) is 75.5 Å². The number of rotatable bonds is 10. The average molecular weight is 617 g/mol. The van der Waals surface area contributed by atoms with Gasteiger partial charge in [0.25, 0.3) is 5.91 Å². The van der Waals surface area contributed by atoms with Gasteiger partial charge in [0.15, 0.2) is 0 Å². The van der Waals surface area contributed by atoms with E-state index in [9.17, 15) is 14.7 Å². The Hall–Kier alpha value is -4.61. The first-order valence-corrected chi connectivity index (χ1v) is 16.1. The van der Waals surface area contributed by atoms with Crippen molar-refractivity contribution in [1.82, 2.24) is 5.32 Å². The van der Waals surface area contributed by atoms with Gasteiger partial charge >= 0.3 is 5.97 Å². The lowest BCUT2D eigenvalue weighted by Gasteiger charge is -2.22. The van der Waals surface area contributed by atoms with E-state index in [-0.39, 0.29) is 6.42 Å². The highest BCUT2D eigenvalue weighted by atomic mass is 35.5. The number of aliphatic carboxylic acids is 1.